The van der Waals surface area contributed by atoms with E-state index >= 15 is 0 Å². The molecule has 1 atom stereocenters. The van der Waals surface area contributed by atoms with E-state index in [0.29, 0.717) is 12.6 Å². The van der Waals surface area contributed by atoms with Crippen molar-refractivity contribution in [2.75, 3.05) is 55.7 Å². The van der Waals surface area contributed by atoms with Crippen LogP contribution in [0.5, 0.6) is 0 Å². The summed E-state index contributed by atoms with van der Waals surface area (Å²) in [7, 11) is 0. The number of aliphatic imine (C=N–C) groups is 1. The van der Waals surface area contributed by atoms with Crippen molar-refractivity contribution >= 4 is 17.5 Å². The van der Waals surface area contributed by atoms with E-state index in [-0.39, 0.29) is 0 Å². The van der Waals surface area contributed by atoms with Gasteiger partial charge in [0.05, 0.1) is 19.8 Å². The van der Waals surface area contributed by atoms with Gasteiger partial charge in [-0.25, -0.2) is 9.98 Å². The van der Waals surface area contributed by atoms with Crippen molar-refractivity contribution in [2.45, 2.75) is 25.9 Å². The number of ether oxygens (including phenoxy) is 1. The van der Waals surface area contributed by atoms with Gasteiger partial charge < -0.3 is 25.2 Å². The number of aromatic nitrogens is 1. The molecular weight excluding hydrogens is 376 g/mol. The summed E-state index contributed by atoms with van der Waals surface area (Å²) in [6.07, 6.45) is 2.96. The average molecular weight is 409 g/mol. The number of pyridine rings is 1. The van der Waals surface area contributed by atoms with Crippen molar-refractivity contribution in [3.8, 4) is 0 Å². The molecule has 2 aliphatic rings. The van der Waals surface area contributed by atoms with Crippen molar-refractivity contribution in [2.24, 2.45) is 4.99 Å². The van der Waals surface area contributed by atoms with E-state index in [1.807, 2.05) is 12.3 Å². The van der Waals surface area contributed by atoms with E-state index in [1.54, 1.807) is 0 Å². The number of hydrogen-bond acceptors (Lipinski definition) is 5. The summed E-state index contributed by atoms with van der Waals surface area (Å²) in [6, 6.07) is 15.1. The number of rotatable bonds is 6. The molecule has 1 aromatic heterocycles. The SMILES string of the molecule is CCNC(=NCc1cccnc1N1CCOCC1)NC1CCN(c2ccccc2)C1. The molecule has 0 bridgehead atoms. The summed E-state index contributed by atoms with van der Waals surface area (Å²) in [5, 5.41) is 7.03. The quantitative estimate of drug-likeness (QED) is 0.565. The molecule has 2 aliphatic heterocycles. The zero-order valence-corrected chi connectivity index (χ0v) is 17.8. The van der Waals surface area contributed by atoms with E-state index in [0.717, 1.165) is 69.7 Å². The van der Waals surface area contributed by atoms with E-state index < -0.39 is 0 Å². The van der Waals surface area contributed by atoms with Gasteiger partial charge in [0.1, 0.15) is 5.82 Å². The molecule has 0 spiro atoms. The van der Waals surface area contributed by atoms with Gasteiger partial charge in [-0.05, 0) is 31.5 Å². The van der Waals surface area contributed by atoms with Crippen LogP contribution >= 0.6 is 0 Å². The van der Waals surface area contributed by atoms with Gasteiger partial charge in [-0.15, -0.1) is 0 Å². The molecule has 160 valence electrons. The second-order valence-corrected chi connectivity index (χ2v) is 7.69. The van der Waals surface area contributed by atoms with Crippen LogP contribution in [0.2, 0.25) is 0 Å². The third-order valence-electron chi connectivity index (χ3n) is 5.58. The summed E-state index contributed by atoms with van der Waals surface area (Å²) in [5.74, 6) is 1.89. The number of nitrogens with one attached hydrogen (secondary N) is 2. The Morgan fingerprint density at radius 2 is 1.93 bits per heavy atom. The second-order valence-electron chi connectivity index (χ2n) is 7.69. The van der Waals surface area contributed by atoms with Gasteiger partial charge in [0, 0.05) is 56.2 Å². The molecule has 2 N–H and O–H groups in total. The van der Waals surface area contributed by atoms with E-state index in [9.17, 15) is 0 Å². The predicted molar refractivity (Wildman–Crippen MR) is 122 cm³/mol. The number of benzene rings is 1. The third kappa shape index (κ3) is 5.21. The molecule has 30 heavy (non-hydrogen) atoms. The Balaban J connectivity index is 1.40. The summed E-state index contributed by atoms with van der Waals surface area (Å²) < 4.78 is 5.49. The summed E-state index contributed by atoms with van der Waals surface area (Å²) in [5.41, 5.74) is 2.43. The first kappa shape index (κ1) is 20.5. The number of nitrogens with zero attached hydrogens (tertiary/aromatic N) is 4. The molecule has 0 aliphatic carbocycles. The maximum Gasteiger partial charge on any atom is 0.191 e. The van der Waals surface area contributed by atoms with Crippen LogP contribution in [0.25, 0.3) is 0 Å². The highest BCUT2D eigenvalue weighted by molar-refractivity contribution is 5.80. The summed E-state index contributed by atoms with van der Waals surface area (Å²) in [4.78, 5) is 14.2. The van der Waals surface area contributed by atoms with Crippen molar-refractivity contribution < 1.29 is 4.74 Å². The van der Waals surface area contributed by atoms with Gasteiger partial charge in [-0.2, -0.15) is 0 Å². The lowest BCUT2D eigenvalue weighted by atomic mass is 10.2. The molecule has 2 saturated heterocycles. The average Bonchev–Trinajstić information content (AvgIpc) is 3.28. The van der Waals surface area contributed by atoms with Crippen molar-refractivity contribution in [1.29, 1.82) is 0 Å². The third-order valence-corrected chi connectivity index (χ3v) is 5.58. The Kier molecular flexibility index (Phi) is 7.03. The first-order valence-corrected chi connectivity index (χ1v) is 10.9. The maximum atomic E-state index is 5.49. The maximum absolute atomic E-state index is 5.49. The molecule has 2 aromatic rings. The number of anilines is 2. The Hall–Kier alpha value is -2.80. The monoisotopic (exact) mass is 408 g/mol. The Bertz CT molecular complexity index is 821. The molecule has 2 fully saturated rings. The molecular formula is C23H32N6O. The molecule has 7 heteroatoms. The Morgan fingerprint density at radius 3 is 2.73 bits per heavy atom. The van der Waals surface area contributed by atoms with E-state index in [2.05, 4.69) is 68.7 Å². The van der Waals surface area contributed by atoms with Crippen LogP contribution in [0, 0.1) is 0 Å². The minimum atomic E-state index is 0.385. The van der Waals surface area contributed by atoms with Gasteiger partial charge >= 0.3 is 0 Å². The smallest absolute Gasteiger partial charge is 0.191 e. The Labute approximate surface area is 179 Å². The fourth-order valence-corrected chi connectivity index (χ4v) is 4.04. The first-order chi connectivity index (χ1) is 14.8. The highest BCUT2D eigenvalue weighted by Gasteiger charge is 2.23. The molecule has 0 radical (unpaired) electrons. The van der Waals surface area contributed by atoms with Crippen molar-refractivity contribution in [3.05, 3.63) is 54.2 Å². The van der Waals surface area contributed by atoms with Crippen LogP contribution in [-0.4, -0.2) is 62.9 Å². The van der Waals surface area contributed by atoms with Crippen molar-refractivity contribution in [3.63, 3.8) is 0 Å². The molecule has 1 aromatic carbocycles. The molecule has 0 amide bonds. The lowest BCUT2D eigenvalue weighted by Gasteiger charge is -2.29. The van der Waals surface area contributed by atoms with Crippen LogP contribution in [0.1, 0.15) is 18.9 Å². The Morgan fingerprint density at radius 1 is 1.10 bits per heavy atom. The molecule has 0 saturated carbocycles. The fourth-order valence-electron chi connectivity index (χ4n) is 4.04. The molecule has 4 rings (SSSR count). The standard InChI is InChI=1S/C23H32N6O/c1-2-24-23(27-20-10-12-29(18-20)21-8-4-3-5-9-21)26-17-19-7-6-11-25-22(19)28-13-15-30-16-14-28/h3-9,11,20H,2,10,12-18H2,1H3,(H2,24,26,27). The van der Waals surface area contributed by atoms with Gasteiger partial charge in [-0.3, -0.25) is 0 Å². The van der Waals surface area contributed by atoms with Gasteiger partial charge in [0.15, 0.2) is 5.96 Å². The number of morpholine rings is 1. The lowest BCUT2D eigenvalue weighted by Crippen LogP contribution is -2.44. The number of guanidine groups is 1. The van der Waals surface area contributed by atoms with Gasteiger partial charge in [0.2, 0.25) is 0 Å². The number of para-hydroxylation sites is 1. The summed E-state index contributed by atoms with van der Waals surface area (Å²) in [6.45, 7) is 8.85. The van der Waals surface area contributed by atoms with E-state index in [1.165, 1.54) is 5.69 Å². The predicted octanol–water partition coefficient (Wildman–Crippen LogP) is 2.25. The zero-order chi connectivity index (χ0) is 20.6. The minimum Gasteiger partial charge on any atom is -0.378 e. The number of hydrogen-bond donors (Lipinski definition) is 2. The molecule has 3 heterocycles. The zero-order valence-electron chi connectivity index (χ0n) is 17.8. The largest absolute Gasteiger partial charge is 0.378 e. The molecule has 1 unspecified atom stereocenters. The second kappa shape index (κ2) is 10.3. The normalized spacial score (nSPS) is 19.8. The van der Waals surface area contributed by atoms with Crippen molar-refractivity contribution in [1.82, 2.24) is 15.6 Å². The lowest BCUT2D eigenvalue weighted by molar-refractivity contribution is 0.122. The minimum absolute atomic E-state index is 0.385. The molecule has 7 nitrogen and oxygen atoms in total. The van der Waals surface area contributed by atoms with Crippen LogP contribution in [0.3, 0.4) is 0 Å². The van der Waals surface area contributed by atoms with Crippen LogP contribution < -0.4 is 20.4 Å². The van der Waals surface area contributed by atoms with Gasteiger partial charge in [-0.1, -0.05) is 24.3 Å². The summed E-state index contributed by atoms with van der Waals surface area (Å²) >= 11 is 0. The van der Waals surface area contributed by atoms with Crippen LogP contribution in [-0.2, 0) is 11.3 Å². The van der Waals surface area contributed by atoms with Crippen LogP contribution in [0.15, 0.2) is 53.7 Å². The topological polar surface area (TPSA) is 65.0 Å². The highest BCUT2D eigenvalue weighted by Crippen LogP contribution is 2.21. The van der Waals surface area contributed by atoms with Crippen LogP contribution in [0.4, 0.5) is 11.5 Å². The fraction of sp³-hybridized carbons (Fsp3) is 0.478. The highest BCUT2D eigenvalue weighted by atomic mass is 16.5. The van der Waals surface area contributed by atoms with E-state index in [4.69, 9.17) is 9.73 Å². The first-order valence-electron chi connectivity index (χ1n) is 10.9. The van der Waals surface area contributed by atoms with Gasteiger partial charge in [0.25, 0.3) is 0 Å².